The summed E-state index contributed by atoms with van der Waals surface area (Å²) in [4.78, 5) is 37.8. The van der Waals surface area contributed by atoms with E-state index in [0.717, 1.165) is 11.1 Å². The number of hydrogen-bond donors (Lipinski definition) is 1. The maximum absolute atomic E-state index is 13.1. The molecule has 1 fully saturated rings. The summed E-state index contributed by atoms with van der Waals surface area (Å²) in [5.41, 5.74) is 2.62. The fourth-order valence-corrected chi connectivity index (χ4v) is 5.20. The first-order valence-electron chi connectivity index (χ1n) is 12.9. The molecule has 4 aromatic rings. The second-order valence-electron chi connectivity index (χ2n) is 9.83. The van der Waals surface area contributed by atoms with Crippen LogP contribution in [0.4, 0.5) is 14.7 Å². The lowest BCUT2D eigenvalue weighted by molar-refractivity contribution is -0.129. The Morgan fingerprint density at radius 2 is 1.90 bits per heavy atom. The number of nitrogens with zero attached hydrogens (tertiary/aromatic N) is 6. The van der Waals surface area contributed by atoms with Crippen LogP contribution in [-0.4, -0.2) is 67.5 Å². The van der Waals surface area contributed by atoms with Gasteiger partial charge in [0, 0.05) is 63.2 Å². The van der Waals surface area contributed by atoms with Gasteiger partial charge >= 0.3 is 6.61 Å². The van der Waals surface area contributed by atoms with Crippen LogP contribution in [-0.2, 0) is 25.0 Å². The molecule has 1 aliphatic heterocycles. The average molecular weight is 553 g/mol. The van der Waals surface area contributed by atoms with Crippen LogP contribution in [0.3, 0.4) is 0 Å². The quantitative estimate of drug-likeness (QED) is 0.376. The topological polar surface area (TPSA) is 106 Å². The number of alkyl halides is 2. The third-order valence-corrected chi connectivity index (χ3v) is 7.39. The standard InChI is InChI=1S/C28H30F2N6O4/c1-17-14-34(18(2)38)9-10-35(17)28-31-12-21(13-32-28)19-7-8-22-24(11-19)36(33(3)26(22)39)15-23-20(16-37)5-4-6-25(23)40-27(29)30/h4-8,11-13,17,27,37H,9-10,14-16H2,1-3H3. The largest absolute Gasteiger partial charge is 0.434 e. The van der Waals surface area contributed by atoms with Crippen LogP contribution in [0.2, 0.25) is 0 Å². The molecule has 1 saturated heterocycles. The number of rotatable bonds is 7. The van der Waals surface area contributed by atoms with Crippen molar-refractivity contribution in [2.24, 2.45) is 7.05 Å². The second-order valence-corrected chi connectivity index (χ2v) is 9.83. The molecule has 0 radical (unpaired) electrons. The lowest BCUT2D eigenvalue weighted by atomic mass is 10.1. The van der Waals surface area contributed by atoms with E-state index >= 15 is 0 Å². The molecule has 1 N–H and O–H groups in total. The van der Waals surface area contributed by atoms with Gasteiger partial charge < -0.3 is 19.6 Å². The molecule has 1 unspecified atom stereocenters. The summed E-state index contributed by atoms with van der Waals surface area (Å²) in [5.74, 6) is 0.564. The molecule has 2 aromatic heterocycles. The van der Waals surface area contributed by atoms with Gasteiger partial charge in [-0.2, -0.15) is 8.78 Å². The summed E-state index contributed by atoms with van der Waals surface area (Å²) in [6, 6.07) is 10.0. The summed E-state index contributed by atoms with van der Waals surface area (Å²) in [6.07, 6.45) is 3.43. The number of anilines is 1. The van der Waals surface area contributed by atoms with Gasteiger partial charge in [-0.15, -0.1) is 0 Å². The van der Waals surface area contributed by atoms with E-state index in [0.29, 0.717) is 47.6 Å². The predicted molar refractivity (Wildman–Crippen MR) is 145 cm³/mol. The molecule has 0 saturated carbocycles. The Kier molecular flexibility index (Phi) is 7.53. The monoisotopic (exact) mass is 552 g/mol. The molecule has 0 bridgehead atoms. The predicted octanol–water partition coefficient (Wildman–Crippen LogP) is 3.00. The molecule has 2 aromatic carbocycles. The maximum atomic E-state index is 13.1. The van der Waals surface area contributed by atoms with Crippen molar-refractivity contribution < 1.29 is 23.4 Å². The number of benzene rings is 2. The van der Waals surface area contributed by atoms with Crippen molar-refractivity contribution in [1.29, 1.82) is 0 Å². The van der Waals surface area contributed by atoms with Crippen molar-refractivity contribution in [2.45, 2.75) is 39.7 Å². The number of aliphatic hydroxyl groups excluding tert-OH is 1. The van der Waals surface area contributed by atoms with E-state index in [1.807, 2.05) is 24.0 Å². The molecular formula is C28H30F2N6O4. The van der Waals surface area contributed by atoms with E-state index in [4.69, 9.17) is 4.74 Å². The number of amides is 1. The van der Waals surface area contributed by atoms with Gasteiger partial charge in [0.2, 0.25) is 11.9 Å². The van der Waals surface area contributed by atoms with Crippen LogP contribution in [0, 0.1) is 0 Å². The summed E-state index contributed by atoms with van der Waals surface area (Å²) < 4.78 is 34.0. The number of aliphatic hydroxyl groups is 1. The van der Waals surface area contributed by atoms with Gasteiger partial charge in [-0.1, -0.05) is 18.2 Å². The molecular weight excluding hydrogens is 522 g/mol. The highest BCUT2D eigenvalue weighted by molar-refractivity contribution is 5.84. The third-order valence-electron chi connectivity index (χ3n) is 7.39. The van der Waals surface area contributed by atoms with Crippen LogP contribution in [0.1, 0.15) is 25.0 Å². The number of aromatic nitrogens is 4. The fraction of sp³-hybridized carbons (Fsp3) is 0.357. The Bertz CT molecular complexity index is 1600. The molecule has 40 heavy (non-hydrogen) atoms. The van der Waals surface area contributed by atoms with Crippen molar-refractivity contribution in [3.63, 3.8) is 0 Å². The SMILES string of the molecule is CC(=O)N1CCN(c2ncc(-c3ccc4c(=O)n(C)n(Cc5c(CO)cccc5OC(F)F)c4c3)cn2)C(C)C1. The van der Waals surface area contributed by atoms with Crippen molar-refractivity contribution in [1.82, 2.24) is 24.2 Å². The summed E-state index contributed by atoms with van der Waals surface area (Å²) in [7, 11) is 1.60. The smallest absolute Gasteiger partial charge is 0.387 e. The number of piperazine rings is 1. The molecule has 3 heterocycles. The summed E-state index contributed by atoms with van der Waals surface area (Å²) >= 11 is 0. The number of halogens is 2. The second kappa shape index (κ2) is 11.0. The molecule has 0 spiro atoms. The minimum atomic E-state index is -3.03. The van der Waals surface area contributed by atoms with Gasteiger partial charge in [0.05, 0.1) is 24.1 Å². The molecule has 210 valence electrons. The highest BCUT2D eigenvalue weighted by atomic mass is 19.3. The number of carbonyl (C=O) groups excluding carboxylic acids is 1. The molecule has 1 aliphatic rings. The number of hydrogen-bond acceptors (Lipinski definition) is 7. The van der Waals surface area contributed by atoms with Crippen molar-refractivity contribution >= 4 is 22.8 Å². The minimum Gasteiger partial charge on any atom is -0.434 e. The first kappa shape index (κ1) is 27.3. The van der Waals surface area contributed by atoms with Gasteiger partial charge in [-0.25, -0.2) is 9.97 Å². The Labute approximate surface area is 229 Å². The normalized spacial score (nSPS) is 15.7. The number of carbonyl (C=O) groups is 1. The van der Waals surface area contributed by atoms with Crippen LogP contribution in [0.5, 0.6) is 5.75 Å². The van der Waals surface area contributed by atoms with Gasteiger partial charge in [0.15, 0.2) is 0 Å². The van der Waals surface area contributed by atoms with Crippen LogP contribution < -0.4 is 15.2 Å². The van der Waals surface area contributed by atoms with E-state index in [1.165, 1.54) is 16.8 Å². The van der Waals surface area contributed by atoms with Gasteiger partial charge in [-0.05, 0) is 36.2 Å². The first-order valence-corrected chi connectivity index (χ1v) is 12.9. The van der Waals surface area contributed by atoms with Gasteiger partial charge in [-0.3, -0.25) is 19.0 Å². The maximum Gasteiger partial charge on any atom is 0.387 e. The molecule has 0 aliphatic carbocycles. The fourth-order valence-electron chi connectivity index (χ4n) is 5.20. The van der Waals surface area contributed by atoms with E-state index < -0.39 is 6.61 Å². The van der Waals surface area contributed by atoms with Crippen LogP contribution >= 0.6 is 0 Å². The minimum absolute atomic E-state index is 0.0248. The van der Waals surface area contributed by atoms with Crippen molar-refractivity contribution in [3.05, 3.63) is 70.3 Å². The van der Waals surface area contributed by atoms with E-state index in [9.17, 15) is 23.5 Å². The van der Waals surface area contributed by atoms with Gasteiger partial charge in [0.1, 0.15) is 5.75 Å². The molecule has 1 atom stereocenters. The number of ether oxygens (including phenoxy) is 1. The average Bonchev–Trinajstić information content (AvgIpc) is 3.17. The molecule has 1 amide bonds. The zero-order valence-electron chi connectivity index (χ0n) is 22.4. The molecule has 12 heteroatoms. The van der Waals surface area contributed by atoms with Crippen molar-refractivity contribution in [2.75, 3.05) is 24.5 Å². The zero-order valence-corrected chi connectivity index (χ0v) is 22.4. The first-order chi connectivity index (χ1) is 19.2. The lowest BCUT2D eigenvalue weighted by Crippen LogP contribution is -2.53. The van der Waals surface area contributed by atoms with Gasteiger partial charge in [0.25, 0.3) is 5.56 Å². The Morgan fingerprint density at radius 1 is 1.15 bits per heavy atom. The highest BCUT2D eigenvalue weighted by Gasteiger charge is 2.27. The lowest BCUT2D eigenvalue weighted by Gasteiger charge is -2.39. The zero-order chi connectivity index (χ0) is 28.6. The summed E-state index contributed by atoms with van der Waals surface area (Å²) in [5, 5.41) is 10.3. The van der Waals surface area contributed by atoms with Crippen molar-refractivity contribution in [3.8, 4) is 16.9 Å². The highest BCUT2D eigenvalue weighted by Crippen LogP contribution is 2.29. The van der Waals surface area contributed by atoms with E-state index in [2.05, 4.69) is 14.9 Å². The van der Waals surface area contributed by atoms with E-state index in [-0.39, 0.29) is 36.4 Å². The van der Waals surface area contributed by atoms with Crippen LogP contribution in [0.25, 0.3) is 22.0 Å². The summed E-state index contributed by atoms with van der Waals surface area (Å²) in [6.45, 7) is 2.06. The number of fused-ring (bicyclic) bond motifs is 1. The third kappa shape index (κ3) is 5.14. The van der Waals surface area contributed by atoms with Crippen LogP contribution in [0.15, 0.2) is 53.6 Å². The molecule has 5 rings (SSSR count). The molecule has 10 nitrogen and oxygen atoms in total. The Hall–Kier alpha value is -4.32. The Balaban J connectivity index is 1.48. The van der Waals surface area contributed by atoms with E-state index in [1.54, 1.807) is 43.2 Å². The Morgan fingerprint density at radius 3 is 2.55 bits per heavy atom.